The molecule has 27 heavy (non-hydrogen) atoms. The summed E-state index contributed by atoms with van der Waals surface area (Å²) in [7, 11) is 1.63. The zero-order chi connectivity index (χ0) is 18.8. The van der Waals surface area contributed by atoms with Crippen molar-refractivity contribution in [2.45, 2.75) is 6.54 Å². The maximum Gasteiger partial charge on any atom is 0.335 e. The van der Waals surface area contributed by atoms with Crippen LogP contribution in [0, 0.1) is 0 Å². The second-order valence-electron chi connectivity index (χ2n) is 6.24. The standard InChI is InChI=1S/C22H18N2O3/c1-27-18-10-7-16(8-11-18)21-23-19-13-17(22(25)26)9-12-20(19)24(21)14-15-5-3-2-4-6-15/h2-13H,14H2,1H3,(H,25,26). The zero-order valence-electron chi connectivity index (χ0n) is 14.8. The molecule has 0 bridgehead atoms. The van der Waals surface area contributed by atoms with E-state index in [9.17, 15) is 9.90 Å². The van der Waals surface area contributed by atoms with Crippen molar-refractivity contribution in [3.8, 4) is 17.1 Å². The Hall–Kier alpha value is -3.60. The number of carboxylic acid groups (broad SMARTS) is 1. The fourth-order valence-electron chi connectivity index (χ4n) is 3.15. The van der Waals surface area contributed by atoms with Crippen LogP contribution >= 0.6 is 0 Å². The van der Waals surface area contributed by atoms with Crippen LogP contribution in [0.1, 0.15) is 15.9 Å². The summed E-state index contributed by atoms with van der Waals surface area (Å²) >= 11 is 0. The SMILES string of the molecule is COc1ccc(-c2nc3cc(C(=O)O)ccc3n2Cc2ccccc2)cc1. The summed E-state index contributed by atoms with van der Waals surface area (Å²) < 4.78 is 7.35. The lowest BCUT2D eigenvalue weighted by molar-refractivity contribution is 0.0697. The molecule has 5 nitrogen and oxygen atoms in total. The lowest BCUT2D eigenvalue weighted by Gasteiger charge is -2.10. The predicted octanol–water partition coefficient (Wildman–Crippen LogP) is 4.46. The maximum absolute atomic E-state index is 11.3. The molecule has 134 valence electrons. The summed E-state index contributed by atoms with van der Waals surface area (Å²) in [5, 5.41) is 9.28. The third-order valence-electron chi connectivity index (χ3n) is 4.53. The molecule has 4 rings (SSSR count). The molecule has 0 aliphatic heterocycles. The molecule has 0 amide bonds. The lowest BCUT2D eigenvalue weighted by atomic mass is 10.1. The van der Waals surface area contributed by atoms with Gasteiger partial charge in [-0.15, -0.1) is 0 Å². The van der Waals surface area contributed by atoms with Crippen LogP contribution in [0.15, 0.2) is 72.8 Å². The van der Waals surface area contributed by atoms with Crippen LogP contribution in [0.5, 0.6) is 5.75 Å². The Morgan fingerprint density at radius 3 is 2.44 bits per heavy atom. The van der Waals surface area contributed by atoms with Gasteiger partial charge in [0.1, 0.15) is 11.6 Å². The van der Waals surface area contributed by atoms with Gasteiger partial charge in [0.05, 0.1) is 23.7 Å². The van der Waals surface area contributed by atoms with Gasteiger partial charge in [-0.2, -0.15) is 0 Å². The maximum atomic E-state index is 11.3. The number of aromatic nitrogens is 2. The van der Waals surface area contributed by atoms with Crippen LogP contribution in [0.2, 0.25) is 0 Å². The number of carbonyl (C=O) groups is 1. The van der Waals surface area contributed by atoms with Crippen LogP contribution in [-0.2, 0) is 6.54 Å². The fraction of sp³-hybridized carbons (Fsp3) is 0.0909. The van der Waals surface area contributed by atoms with Gasteiger partial charge in [-0.1, -0.05) is 30.3 Å². The number of hydrogen-bond acceptors (Lipinski definition) is 3. The van der Waals surface area contributed by atoms with E-state index in [4.69, 9.17) is 9.72 Å². The topological polar surface area (TPSA) is 64.3 Å². The van der Waals surface area contributed by atoms with Crippen LogP contribution in [0.25, 0.3) is 22.4 Å². The van der Waals surface area contributed by atoms with E-state index in [0.29, 0.717) is 12.1 Å². The third-order valence-corrected chi connectivity index (χ3v) is 4.53. The number of carboxylic acids is 1. The molecule has 0 aliphatic carbocycles. The number of methoxy groups -OCH3 is 1. The molecular formula is C22H18N2O3. The molecule has 0 radical (unpaired) electrons. The summed E-state index contributed by atoms with van der Waals surface area (Å²) in [6.07, 6.45) is 0. The van der Waals surface area contributed by atoms with Crippen molar-refractivity contribution in [1.29, 1.82) is 0 Å². The van der Waals surface area contributed by atoms with Crippen molar-refractivity contribution in [2.24, 2.45) is 0 Å². The highest BCUT2D eigenvalue weighted by Crippen LogP contribution is 2.28. The average Bonchev–Trinajstić information content (AvgIpc) is 3.06. The number of benzene rings is 3. The molecule has 0 unspecified atom stereocenters. The highest BCUT2D eigenvalue weighted by Gasteiger charge is 2.15. The number of nitrogens with zero attached hydrogens (tertiary/aromatic N) is 2. The van der Waals surface area contributed by atoms with Crippen molar-refractivity contribution in [1.82, 2.24) is 9.55 Å². The van der Waals surface area contributed by atoms with Crippen molar-refractivity contribution in [3.05, 3.63) is 83.9 Å². The molecule has 0 saturated heterocycles. The molecule has 0 atom stereocenters. The van der Waals surface area contributed by atoms with Crippen molar-refractivity contribution < 1.29 is 14.6 Å². The Morgan fingerprint density at radius 1 is 1.04 bits per heavy atom. The van der Waals surface area contributed by atoms with Crippen molar-refractivity contribution in [3.63, 3.8) is 0 Å². The fourth-order valence-corrected chi connectivity index (χ4v) is 3.15. The van der Waals surface area contributed by atoms with Crippen LogP contribution in [0.4, 0.5) is 0 Å². The number of aromatic carboxylic acids is 1. The molecule has 4 aromatic rings. The molecule has 0 saturated carbocycles. The summed E-state index contributed by atoms with van der Waals surface area (Å²) in [5.41, 5.74) is 3.88. The van der Waals surface area contributed by atoms with E-state index in [1.54, 1.807) is 19.2 Å². The van der Waals surface area contributed by atoms with E-state index in [1.807, 2.05) is 48.5 Å². The average molecular weight is 358 g/mol. The molecular weight excluding hydrogens is 340 g/mol. The second kappa shape index (κ2) is 6.96. The molecule has 1 heterocycles. The Balaban J connectivity index is 1.88. The van der Waals surface area contributed by atoms with E-state index in [1.165, 1.54) is 0 Å². The van der Waals surface area contributed by atoms with E-state index in [-0.39, 0.29) is 5.56 Å². The van der Waals surface area contributed by atoms with E-state index in [2.05, 4.69) is 16.7 Å². The molecule has 1 aromatic heterocycles. The van der Waals surface area contributed by atoms with Crippen LogP contribution in [0.3, 0.4) is 0 Å². The highest BCUT2D eigenvalue weighted by atomic mass is 16.5. The molecule has 0 spiro atoms. The minimum atomic E-state index is -0.958. The number of imidazole rings is 1. The highest BCUT2D eigenvalue weighted by molar-refractivity contribution is 5.93. The van der Waals surface area contributed by atoms with Gasteiger partial charge in [0.15, 0.2) is 0 Å². The lowest BCUT2D eigenvalue weighted by Crippen LogP contribution is -2.02. The Labute approximate surface area is 156 Å². The molecule has 1 N–H and O–H groups in total. The van der Waals surface area contributed by atoms with Gasteiger partial charge in [0.2, 0.25) is 0 Å². The molecule has 5 heteroatoms. The minimum absolute atomic E-state index is 0.230. The van der Waals surface area contributed by atoms with Gasteiger partial charge < -0.3 is 14.4 Å². The number of fused-ring (bicyclic) bond motifs is 1. The van der Waals surface area contributed by atoms with Crippen molar-refractivity contribution >= 4 is 17.0 Å². The van der Waals surface area contributed by atoms with Crippen molar-refractivity contribution in [2.75, 3.05) is 7.11 Å². The van der Waals surface area contributed by atoms with Gasteiger partial charge in [0.25, 0.3) is 0 Å². The Bertz CT molecular complexity index is 1100. The van der Waals surface area contributed by atoms with E-state index >= 15 is 0 Å². The monoisotopic (exact) mass is 358 g/mol. The van der Waals surface area contributed by atoms with Gasteiger partial charge in [-0.3, -0.25) is 0 Å². The van der Waals surface area contributed by atoms with Gasteiger partial charge in [-0.05, 0) is 48.0 Å². The van der Waals surface area contributed by atoms with Crippen LogP contribution < -0.4 is 4.74 Å². The first-order chi connectivity index (χ1) is 13.2. The Morgan fingerprint density at radius 2 is 1.78 bits per heavy atom. The largest absolute Gasteiger partial charge is 0.497 e. The smallest absolute Gasteiger partial charge is 0.335 e. The molecule has 0 aliphatic rings. The van der Waals surface area contributed by atoms with Gasteiger partial charge >= 0.3 is 5.97 Å². The first-order valence-electron chi connectivity index (χ1n) is 8.57. The predicted molar refractivity (Wildman–Crippen MR) is 104 cm³/mol. The molecule has 0 fully saturated rings. The van der Waals surface area contributed by atoms with Gasteiger partial charge in [0, 0.05) is 12.1 Å². The Kier molecular flexibility index (Phi) is 4.34. The first kappa shape index (κ1) is 16.8. The first-order valence-corrected chi connectivity index (χ1v) is 8.57. The molecule has 3 aromatic carbocycles. The zero-order valence-corrected chi connectivity index (χ0v) is 14.8. The van der Waals surface area contributed by atoms with Crippen LogP contribution in [-0.4, -0.2) is 27.7 Å². The minimum Gasteiger partial charge on any atom is -0.497 e. The van der Waals surface area contributed by atoms with E-state index < -0.39 is 5.97 Å². The summed E-state index contributed by atoms with van der Waals surface area (Å²) in [6.45, 7) is 0.644. The van der Waals surface area contributed by atoms with Gasteiger partial charge in [-0.25, -0.2) is 9.78 Å². The normalized spacial score (nSPS) is 10.9. The number of ether oxygens (including phenoxy) is 1. The second-order valence-corrected chi connectivity index (χ2v) is 6.24. The number of hydrogen-bond donors (Lipinski definition) is 1. The summed E-state index contributed by atoms with van der Waals surface area (Å²) in [6, 6.07) is 22.9. The number of rotatable bonds is 5. The van der Waals surface area contributed by atoms with E-state index in [0.717, 1.165) is 28.2 Å². The summed E-state index contributed by atoms with van der Waals surface area (Å²) in [5.74, 6) is 0.609. The third kappa shape index (κ3) is 3.27. The summed E-state index contributed by atoms with van der Waals surface area (Å²) in [4.78, 5) is 16.1. The quantitative estimate of drug-likeness (QED) is 0.572.